The molecule has 3 heterocycles. The Kier molecular flexibility index (Phi) is 5.42. The van der Waals surface area contributed by atoms with Gasteiger partial charge in [0.1, 0.15) is 23.5 Å². The van der Waals surface area contributed by atoms with E-state index >= 15 is 4.39 Å². The van der Waals surface area contributed by atoms with E-state index < -0.39 is 17.8 Å². The number of halogens is 2. The van der Waals surface area contributed by atoms with Gasteiger partial charge < -0.3 is 20.3 Å². The molecule has 0 aliphatic carbocycles. The van der Waals surface area contributed by atoms with Crippen LogP contribution >= 0.6 is 22.9 Å². The number of fused-ring (bicyclic) bond motifs is 3. The number of carbonyl (C=O) groups excluding carboxylic acids is 2. The van der Waals surface area contributed by atoms with Crippen molar-refractivity contribution in [2.24, 2.45) is 0 Å². The molecule has 1 fully saturated rings. The lowest BCUT2D eigenvalue weighted by Crippen LogP contribution is -2.57. The van der Waals surface area contributed by atoms with Crippen LogP contribution in [0.2, 0.25) is 5.02 Å². The van der Waals surface area contributed by atoms with Gasteiger partial charge in [0.05, 0.1) is 22.2 Å². The maximum atomic E-state index is 15.6. The Morgan fingerprint density at radius 2 is 2.18 bits per heavy atom. The first-order valence-electron chi connectivity index (χ1n) is 10.4. The van der Waals surface area contributed by atoms with Gasteiger partial charge in [0.25, 0.3) is 5.91 Å². The molecule has 0 radical (unpaired) electrons. The lowest BCUT2D eigenvalue weighted by Gasteiger charge is -2.39. The quantitative estimate of drug-likeness (QED) is 0.540. The van der Waals surface area contributed by atoms with Gasteiger partial charge in [0.15, 0.2) is 5.75 Å². The van der Waals surface area contributed by atoms with Crippen molar-refractivity contribution in [3.05, 3.63) is 58.9 Å². The molecule has 10 heteroatoms. The summed E-state index contributed by atoms with van der Waals surface area (Å²) >= 11 is 7.91. The van der Waals surface area contributed by atoms with Gasteiger partial charge >= 0.3 is 0 Å². The van der Waals surface area contributed by atoms with E-state index in [4.69, 9.17) is 22.1 Å². The minimum absolute atomic E-state index is 0.0229. The Morgan fingerprint density at radius 3 is 2.91 bits per heavy atom. The Bertz CT molecular complexity index is 1430. The molecule has 0 saturated carbocycles. The second-order valence-electron chi connectivity index (χ2n) is 8.01. The number of thiophene rings is 1. The zero-order valence-corrected chi connectivity index (χ0v) is 19.4. The number of anilines is 1. The molecule has 2 amide bonds. The highest BCUT2D eigenvalue weighted by Crippen LogP contribution is 2.46. The molecular weight excluding hydrogens is 479 g/mol. The van der Waals surface area contributed by atoms with Crippen LogP contribution in [-0.2, 0) is 4.79 Å². The van der Waals surface area contributed by atoms with Gasteiger partial charge in [-0.15, -0.1) is 11.3 Å². The van der Waals surface area contributed by atoms with E-state index in [-0.39, 0.29) is 53.1 Å². The van der Waals surface area contributed by atoms with Crippen LogP contribution in [0, 0.1) is 17.1 Å². The van der Waals surface area contributed by atoms with Crippen molar-refractivity contribution in [3.63, 3.8) is 0 Å². The van der Waals surface area contributed by atoms with E-state index in [0.29, 0.717) is 22.5 Å². The molecule has 1 atom stereocenters. The molecule has 2 aliphatic heterocycles. The first-order valence-corrected chi connectivity index (χ1v) is 11.6. The summed E-state index contributed by atoms with van der Waals surface area (Å²) in [6.45, 7) is 4.50. The first-order chi connectivity index (χ1) is 16.3. The Balaban J connectivity index is 1.63. The van der Waals surface area contributed by atoms with Gasteiger partial charge in [-0.05, 0) is 23.8 Å². The highest BCUT2D eigenvalue weighted by molar-refractivity contribution is 7.23. The molecule has 2 N–H and O–H groups in total. The van der Waals surface area contributed by atoms with E-state index in [1.165, 1.54) is 17.4 Å². The second kappa shape index (κ2) is 8.31. The highest BCUT2D eigenvalue weighted by atomic mass is 35.5. The molecule has 2 aromatic carbocycles. The van der Waals surface area contributed by atoms with Crippen molar-refractivity contribution in [1.82, 2.24) is 9.80 Å². The van der Waals surface area contributed by atoms with Crippen molar-refractivity contribution in [2.75, 3.05) is 32.0 Å². The zero-order valence-electron chi connectivity index (χ0n) is 17.8. The van der Waals surface area contributed by atoms with Gasteiger partial charge in [-0.3, -0.25) is 9.59 Å². The predicted octanol–water partition coefficient (Wildman–Crippen LogP) is 4.05. The van der Waals surface area contributed by atoms with Gasteiger partial charge in [-0.2, -0.15) is 5.26 Å². The minimum atomic E-state index is -0.708. The molecule has 1 saturated heterocycles. The van der Waals surface area contributed by atoms with Crippen molar-refractivity contribution in [1.29, 1.82) is 5.26 Å². The minimum Gasteiger partial charge on any atom is -0.489 e. The third kappa shape index (κ3) is 3.30. The summed E-state index contributed by atoms with van der Waals surface area (Å²) < 4.78 is 22.2. The molecule has 2 aliphatic rings. The molecule has 7 nitrogen and oxygen atoms in total. The largest absolute Gasteiger partial charge is 0.489 e. The predicted molar refractivity (Wildman–Crippen MR) is 128 cm³/mol. The van der Waals surface area contributed by atoms with E-state index in [9.17, 15) is 14.9 Å². The summed E-state index contributed by atoms with van der Waals surface area (Å²) in [7, 11) is 0. The second-order valence-corrected chi connectivity index (χ2v) is 9.47. The fourth-order valence-corrected chi connectivity index (χ4v) is 5.86. The van der Waals surface area contributed by atoms with Crippen molar-refractivity contribution >= 4 is 49.8 Å². The zero-order chi connectivity index (χ0) is 24.1. The van der Waals surface area contributed by atoms with Crippen LogP contribution in [0.5, 0.6) is 5.75 Å². The number of ether oxygens (including phenoxy) is 1. The summed E-state index contributed by atoms with van der Waals surface area (Å²) in [5, 5.41) is 10.4. The highest BCUT2D eigenvalue weighted by Gasteiger charge is 2.38. The number of nitrogen functional groups attached to an aromatic ring is 1. The maximum absolute atomic E-state index is 15.6. The number of carbonyl (C=O) groups is 2. The smallest absolute Gasteiger partial charge is 0.258 e. The Labute approximate surface area is 203 Å². The Morgan fingerprint density at radius 1 is 1.38 bits per heavy atom. The summed E-state index contributed by atoms with van der Waals surface area (Å²) in [5.41, 5.74) is 6.72. The van der Waals surface area contributed by atoms with Crippen LogP contribution in [0.15, 0.2) is 36.9 Å². The number of hydrogen-bond donors (Lipinski definition) is 1. The molecule has 0 spiro atoms. The van der Waals surface area contributed by atoms with Crippen LogP contribution in [-0.4, -0.2) is 53.9 Å². The van der Waals surface area contributed by atoms with Crippen molar-refractivity contribution in [2.45, 2.75) is 6.04 Å². The van der Waals surface area contributed by atoms with Crippen LogP contribution in [0.25, 0.3) is 21.2 Å². The van der Waals surface area contributed by atoms with Gasteiger partial charge in [0, 0.05) is 35.3 Å². The number of rotatable bonds is 2. The third-order valence-electron chi connectivity index (χ3n) is 6.18. The molecule has 34 heavy (non-hydrogen) atoms. The first kappa shape index (κ1) is 22.2. The van der Waals surface area contributed by atoms with Gasteiger partial charge in [-0.1, -0.05) is 30.3 Å². The maximum Gasteiger partial charge on any atom is 0.258 e. The number of amides is 2. The lowest BCUT2D eigenvalue weighted by molar-refractivity contribution is -0.128. The lowest BCUT2D eigenvalue weighted by atomic mass is 9.96. The van der Waals surface area contributed by atoms with Crippen LogP contribution in [0.4, 0.5) is 9.39 Å². The van der Waals surface area contributed by atoms with Crippen molar-refractivity contribution in [3.8, 4) is 22.9 Å². The molecule has 0 bridgehead atoms. The topological polar surface area (TPSA) is 99.7 Å². The van der Waals surface area contributed by atoms with Crippen molar-refractivity contribution < 1.29 is 18.7 Å². The van der Waals surface area contributed by atoms with Crippen LogP contribution in [0.3, 0.4) is 0 Å². The van der Waals surface area contributed by atoms with Crippen LogP contribution in [0.1, 0.15) is 15.9 Å². The number of nitrogens with zero attached hydrogens (tertiary/aromatic N) is 3. The van der Waals surface area contributed by atoms with Gasteiger partial charge in [-0.25, -0.2) is 4.39 Å². The fraction of sp³-hybridized carbons (Fsp3) is 0.208. The molecule has 5 rings (SSSR count). The van der Waals surface area contributed by atoms with E-state index in [0.717, 1.165) is 10.8 Å². The van der Waals surface area contributed by atoms with E-state index in [2.05, 4.69) is 12.6 Å². The number of nitriles is 1. The molecule has 172 valence electrons. The third-order valence-corrected chi connectivity index (χ3v) is 7.52. The summed E-state index contributed by atoms with van der Waals surface area (Å²) in [6, 6.07) is 7.99. The van der Waals surface area contributed by atoms with Gasteiger partial charge in [0.2, 0.25) is 5.91 Å². The van der Waals surface area contributed by atoms with E-state index in [1.54, 1.807) is 28.0 Å². The number of nitrogens with two attached hydrogens (primary N) is 1. The summed E-state index contributed by atoms with van der Waals surface area (Å²) in [6.07, 6.45) is 1.23. The fourth-order valence-electron chi connectivity index (χ4n) is 4.56. The number of hydrogen-bond acceptors (Lipinski definition) is 6. The average Bonchev–Trinajstić information content (AvgIpc) is 3.10. The van der Waals surface area contributed by atoms with Crippen LogP contribution < -0.4 is 10.5 Å². The summed E-state index contributed by atoms with van der Waals surface area (Å²) in [4.78, 5) is 28.6. The number of benzene rings is 2. The molecule has 0 unspecified atom stereocenters. The molecule has 1 aromatic heterocycles. The normalized spacial score (nSPS) is 17.4. The standard InChI is InChI=1S/C24H18ClFN4O3S/c1-2-18(31)29-6-7-30-12(10-29)11-33-22-14(24(30)32)8-16(26)20(21(22)25)13-4-3-5-17-19(13)15(9-27)23(28)34-17/h2-5,8,12H,1,6-7,10-11,28H2/t12-/m1/s1. The Hall–Kier alpha value is -3.61. The van der Waals surface area contributed by atoms with E-state index in [1.807, 2.05) is 0 Å². The number of piperazine rings is 1. The molecular formula is C24H18ClFN4O3S. The molecule has 3 aromatic rings. The summed E-state index contributed by atoms with van der Waals surface area (Å²) in [5.74, 6) is -1.26. The average molecular weight is 497 g/mol. The monoisotopic (exact) mass is 496 g/mol. The SMILES string of the molecule is C=CC(=O)N1CCN2C(=O)c3cc(F)c(-c4cccc5sc(N)c(C#N)c45)c(Cl)c3OC[C@H]2C1.